The van der Waals surface area contributed by atoms with Crippen molar-refractivity contribution in [2.75, 3.05) is 26.7 Å². The number of methoxy groups -OCH3 is 1. The molecule has 1 saturated carbocycles. The number of nitrogens with zero attached hydrogens (tertiary/aromatic N) is 1. The Morgan fingerprint density at radius 3 is 2.36 bits per heavy atom. The molecule has 1 aliphatic carbocycles. The SMILES string of the molecule is COc1cccc(O[C@H]2C[C@@H]3CN(CC(C)c4ccc(O)cc4)C[C@@H]3C2)c1F. The second-order valence-corrected chi connectivity index (χ2v) is 8.21. The molecule has 28 heavy (non-hydrogen) atoms. The van der Waals surface area contributed by atoms with Gasteiger partial charge in [0.25, 0.3) is 0 Å². The standard InChI is InChI=1S/C23H28FNO3/c1-15(16-6-8-19(26)9-7-16)12-25-13-17-10-20(11-18(17)14-25)28-22-5-3-4-21(27-2)23(22)24/h3-9,15,17-18,20,26H,10-14H2,1-2H3/t15?,17-,18+,20+. The van der Waals surface area contributed by atoms with Gasteiger partial charge in [0, 0.05) is 19.6 Å². The molecule has 1 heterocycles. The van der Waals surface area contributed by atoms with E-state index in [-0.39, 0.29) is 11.9 Å². The molecule has 0 amide bonds. The fourth-order valence-corrected chi connectivity index (χ4v) is 4.80. The average molecular weight is 385 g/mol. The molecule has 4 rings (SSSR count). The normalized spacial score (nSPS) is 25.5. The third kappa shape index (κ3) is 3.95. The lowest BCUT2D eigenvalue weighted by atomic mass is 10.0. The molecular formula is C23H28FNO3. The van der Waals surface area contributed by atoms with Crippen molar-refractivity contribution in [2.45, 2.75) is 31.8 Å². The summed E-state index contributed by atoms with van der Waals surface area (Å²) in [6, 6.07) is 12.6. The maximum atomic E-state index is 14.3. The van der Waals surface area contributed by atoms with Gasteiger partial charge in [0.05, 0.1) is 13.2 Å². The Morgan fingerprint density at radius 1 is 1.07 bits per heavy atom. The van der Waals surface area contributed by atoms with Crippen LogP contribution in [0, 0.1) is 17.7 Å². The molecule has 0 bridgehead atoms. The van der Waals surface area contributed by atoms with Gasteiger partial charge in [-0.25, -0.2) is 0 Å². The van der Waals surface area contributed by atoms with Crippen LogP contribution >= 0.6 is 0 Å². The van der Waals surface area contributed by atoms with E-state index in [1.165, 1.54) is 12.7 Å². The highest BCUT2D eigenvalue weighted by atomic mass is 19.1. The summed E-state index contributed by atoms with van der Waals surface area (Å²) in [4.78, 5) is 2.54. The summed E-state index contributed by atoms with van der Waals surface area (Å²) >= 11 is 0. The molecular weight excluding hydrogens is 357 g/mol. The van der Waals surface area contributed by atoms with Gasteiger partial charge >= 0.3 is 0 Å². The lowest BCUT2D eigenvalue weighted by Gasteiger charge is -2.23. The monoisotopic (exact) mass is 385 g/mol. The summed E-state index contributed by atoms with van der Waals surface area (Å²) in [6.07, 6.45) is 2.03. The van der Waals surface area contributed by atoms with Crippen LogP contribution < -0.4 is 9.47 Å². The molecule has 0 radical (unpaired) electrons. The first kappa shape index (κ1) is 19.1. The van der Waals surface area contributed by atoms with Crippen LogP contribution in [0.2, 0.25) is 0 Å². The Labute approximate surface area is 165 Å². The molecule has 0 aromatic heterocycles. The maximum Gasteiger partial charge on any atom is 0.206 e. The molecule has 4 nitrogen and oxygen atoms in total. The largest absolute Gasteiger partial charge is 0.508 e. The lowest BCUT2D eigenvalue weighted by Crippen LogP contribution is -2.28. The molecule has 1 saturated heterocycles. The molecule has 2 aromatic carbocycles. The minimum atomic E-state index is -0.411. The van der Waals surface area contributed by atoms with Gasteiger partial charge in [-0.15, -0.1) is 0 Å². The Balaban J connectivity index is 1.30. The van der Waals surface area contributed by atoms with Crippen LogP contribution in [0.4, 0.5) is 4.39 Å². The van der Waals surface area contributed by atoms with E-state index in [0.717, 1.165) is 32.5 Å². The number of hydrogen-bond acceptors (Lipinski definition) is 4. The van der Waals surface area contributed by atoms with Gasteiger partial charge < -0.3 is 19.5 Å². The summed E-state index contributed by atoms with van der Waals surface area (Å²) in [5.74, 6) is 2.08. The third-order valence-electron chi connectivity index (χ3n) is 6.22. The van der Waals surface area contributed by atoms with Crippen molar-refractivity contribution in [3.63, 3.8) is 0 Å². The van der Waals surface area contributed by atoms with Gasteiger partial charge in [0.15, 0.2) is 11.5 Å². The van der Waals surface area contributed by atoms with E-state index in [2.05, 4.69) is 11.8 Å². The summed E-state index contributed by atoms with van der Waals surface area (Å²) in [5, 5.41) is 9.46. The highest BCUT2D eigenvalue weighted by molar-refractivity contribution is 5.35. The molecule has 5 heteroatoms. The minimum absolute atomic E-state index is 0.0771. The number of halogens is 1. The number of benzene rings is 2. The summed E-state index contributed by atoms with van der Waals surface area (Å²) in [7, 11) is 1.47. The molecule has 2 aliphatic rings. The van der Waals surface area contributed by atoms with E-state index in [9.17, 15) is 9.50 Å². The van der Waals surface area contributed by atoms with Gasteiger partial charge in [-0.1, -0.05) is 25.1 Å². The molecule has 4 atom stereocenters. The van der Waals surface area contributed by atoms with E-state index < -0.39 is 5.82 Å². The second kappa shape index (κ2) is 8.00. The second-order valence-electron chi connectivity index (χ2n) is 8.21. The van der Waals surface area contributed by atoms with E-state index in [1.807, 2.05) is 12.1 Å². The number of aromatic hydroxyl groups is 1. The number of fused-ring (bicyclic) bond motifs is 1. The zero-order chi connectivity index (χ0) is 19.7. The first-order valence-corrected chi connectivity index (χ1v) is 10.0. The van der Waals surface area contributed by atoms with Gasteiger partial charge in [-0.3, -0.25) is 0 Å². The number of rotatable bonds is 6. The van der Waals surface area contributed by atoms with Crippen molar-refractivity contribution in [3.05, 3.63) is 53.8 Å². The lowest BCUT2D eigenvalue weighted by molar-refractivity contribution is 0.176. The van der Waals surface area contributed by atoms with Crippen molar-refractivity contribution in [1.82, 2.24) is 4.90 Å². The Bertz CT molecular complexity index is 796. The molecule has 2 aromatic rings. The fraction of sp³-hybridized carbons (Fsp3) is 0.478. The quantitative estimate of drug-likeness (QED) is 0.799. The molecule has 1 unspecified atom stereocenters. The van der Waals surface area contributed by atoms with Gasteiger partial charge in [0.2, 0.25) is 5.82 Å². The predicted molar refractivity (Wildman–Crippen MR) is 107 cm³/mol. The van der Waals surface area contributed by atoms with Gasteiger partial charge in [-0.2, -0.15) is 4.39 Å². The minimum Gasteiger partial charge on any atom is -0.508 e. The fourth-order valence-electron chi connectivity index (χ4n) is 4.80. The summed E-state index contributed by atoms with van der Waals surface area (Å²) in [5.41, 5.74) is 1.25. The van der Waals surface area contributed by atoms with Gasteiger partial charge in [-0.05, 0) is 60.4 Å². The zero-order valence-electron chi connectivity index (χ0n) is 16.5. The van der Waals surface area contributed by atoms with E-state index in [0.29, 0.717) is 29.3 Å². The average Bonchev–Trinajstić information content (AvgIpc) is 3.21. The zero-order valence-corrected chi connectivity index (χ0v) is 16.5. The Kier molecular flexibility index (Phi) is 5.44. The van der Waals surface area contributed by atoms with Crippen LogP contribution in [0.3, 0.4) is 0 Å². The Hall–Kier alpha value is -2.27. The topological polar surface area (TPSA) is 41.9 Å². The number of likely N-dealkylation sites (tertiary alicyclic amines) is 1. The van der Waals surface area contributed by atoms with E-state index >= 15 is 0 Å². The highest BCUT2D eigenvalue weighted by Crippen LogP contribution is 2.41. The number of hydrogen-bond donors (Lipinski definition) is 1. The van der Waals surface area contributed by atoms with Crippen LogP contribution in [-0.2, 0) is 0 Å². The molecule has 1 aliphatic heterocycles. The van der Waals surface area contributed by atoms with Crippen molar-refractivity contribution in [2.24, 2.45) is 11.8 Å². The summed E-state index contributed by atoms with van der Waals surface area (Å²) < 4.78 is 25.4. The van der Waals surface area contributed by atoms with Crippen LogP contribution in [0.1, 0.15) is 31.2 Å². The van der Waals surface area contributed by atoms with Gasteiger partial charge in [0.1, 0.15) is 5.75 Å². The van der Waals surface area contributed by atoms with E-state index in [4.69, 9.17) is 9.47 Å². The third-order valence-corrected chi connectivity index (χ3v) is 6.22. The molecule has 2 fully saturated rings. The van der Waals surface area contributed by atoms with Crippen molar-refractivity contribution < 1.29 is 19.0 Å². The first-order chi connectivity index (χ1) is 13.5. The van der Waals surface area contributed by atoms with Crippen molar-refractivity contribution in [1.29, 1.82) is 0 Å². The van der Waals surface area contributed by atoms with Crippen molar-refractivity contribution >= 4 is 0 Å². The van der Waals surface area contributed by atoms with Crippen LogP contribution in [0.5, 0.6) is 17.2 Å². The van der Waals surface area contributed by atoms with Crippen LogP contribution in [0.15, 0.2) is 42.5 Å². The molecule has 1 N–H and O–H groups in total. The van der Waals surface area contributed by atoms with Crippen molar-refractivity contribution in [3.8, 4) is 17.2 Å². The summed E-state index contributed by atoms with van der Waals surface area (Å²) in [6.45, 7) is 5.41. The first-order valence-electron chi connectivity index (χ1n) is 10.0. The highest BCUT2D eigenvalue weighted by Gasteiger charge is 2.42. The molecule has 0 spiro atoms. The maximum absolute atomic E-state index is 14.3. The Morgan fingerprint density at radius 2 is 1.71 bits per heavy atom. The van der Waals surface area contributed by atoms with Crippen LogP contribution in [-0.4, -0.2) is 42.9 Å². The number of phenolic OH excluding ortho intramolecular Hbond substituents is 1. The molecule has 150 valence electrons. The number of phenols is 1. The number of ether oxygens (including phenoxy) is 2. The smallest absolute Gasteiger partial charge is 0.206 e. The van der Waals surface area contributed by atoms with Crippen LogP contribution in [0.25, 0.3) is 0 Å². The van der Waals surface area contributed by atoms with E-state index in [1.54, 1.807) is 30.3 Å². The predicted octanol–water partition coefficient (Wildman–Crippen LogP) is 4.43.